The number of anilines is 1. The molecule has 1 heterocycles. The molecule has 0 saturated heterocycles. The fourth-order valence-electron chi connectivity index (χ4n) is 1.26. The molecule has 0 aliphatic carbocycles. The van der Waals surface area contributed by atoms with Gasteiger partial charge in [-0.1, -0.05) is 41.9 Å². The highest BCUT2D eigenvalue weighted by Gasteiger charge is 2.19. The van der Waals surface area contributed by atoms with Crippen molar-refractivity contribution in [3.05, 3.63) is 51.2 Å². The summed E-state index contributed by atoms with van der Waals surface area (Å²) in [5.74, 6) is 0. The van der Waals surface area contributed by atoms with Crippen LogP contribution in [0.1, 0.15) is 5.56 Å². The molecule has 7 heteroatoms. The molecule has 0 aliphatic rings. The van der Waals surface area contributed by atoms with Gasteiger partial charge in [0, 0.05) is 6.54 Å². The van der Waals surface area contributed by atoms with Crippen LogP contribution in [-0.4, -0.2) is 9.91 Å². The van der Waals surface area contributed by atoms with Gasteiger partial charge in [-0.25, -0.2) is 4.98 Å². The largest absolute Gasteiger partial charge is 0.364 e. The third kappa shape index (κ3) is 2.92. The molecule has 0 radical (unpaired) electrons. The van der Waals surface area contributed by atoms with Crippen LogP contribution < -0.4 is 5.32 Å². The third-order valence-electron chi connectivity index (χ3n) is 2.02. The Bertz CT molecular complexity index is 530. The molecule has 2 aromatic rings. The lowest BCUT2D eigenvalue weighted by Gasteiger charge is -2.01. The van der Waals surface area contributed by atoms with Crippen molar-refractivity contribution >= 4 is 33.1 Å². The predicted octanol–water partition coefficient (Wildman–Crippen LogP) is 3.32. The Hall–Kier alpha value is -1.66. The van der Waals surface area contributed by atoms with E-state index in [9.17, 15) is 10.1 Å². The van der Waals surface area contributed by atoms with Gasteiger partial charge in [-0.3, -0.25) is 10.1 Å². The average molecular weight is 270 g/mol. The van der Waals surface area contributed by atoms with Gasteiger partial charge in [0.05, 0.1) is 4.92 Å². The number of hydrogen-bond donors (Lipinski definition) is 1. The average Bonchev–Trinajstić information content (AvgIpc) is 2.69. The van der Waals surface area contributed by atoms with Crippen LogP contribution >= 0.6 is 22.9 Å². The minimum absolute atomic E-state index is 0.0736. The van der Waals surface area contributed by atoms with Gasteiger partial charge in [-0.15, -0.1) is 0 Å². The molecule has 1 aromatic heterocycles. The molecule has 17 heavy (non-hydrogen) atoms. The zero-order chi connectivity index (χ0) is 12.3. The van der Waals surface area contributed by atoms with E-state index in [1.165, 1.54) is 0 Å². The maximum atomic E-state index is 10.6. The fourth-order valence-corrected chi connectivity index (χ4v) is 2.24. The molecule has 0 spiro atoms. The molecule has 1 aromatic carbocycles. The highest BCUT2D eigenvalue weighted by Crippen LogP contribution is 2.33. The first-order chi connectivity index (χ1) is 8.16. The summed E-state index contributed by atoms with van der Waals surface area (Å²) in [6.45, 7) is 0.557. The first-order valence-electron chi connectivity index (χ1n) is 4.75. The van der Waals surface area contributed by atoms with E-state index >= 15 is 0 Å². The summed E-state index contributed by atoms with van der Waals surface area (Å²) in [4.78, 5) is 13.9. The van der Waals surface area contributed by atoms with E-state index in [2.05, 4.69) is 10.3 Å². The first kappa shape index (κ1) is 11.8. The zero-order valence-electron chi connectivity index (χ0n) is 8.59. The van der Waals surface area contributed by atoms with E-state index < -0.39 is 4.92 Å². The molecular formula is C10H8ClN3O2S. The number of benzene rings is 1. The third-order valence-corrected chi connectivity index (χ3v) is 3.36. The molecule has 0 bridgehead atoms. The Morgan fingerprint density at radius 3 is 2.71 bits per heavy atom. The van der Waals surface area contributed by atoms with Gasteiger partial charge in [0.2, 0.25) is 5.15 Å². The van der Waals surface area contributed by atoms with Crippen molar-refractivity contribution in [2.45, 2.75) is 6.54 Å². The van der Waals surface area contributed by atoms with E-state index in [0.29, 0.717) is 11.7 Å². The van der Waals surface area contributed by atoms with Crippen LogP contribution in [0.2, 0.25) is 5.15 Å². The predicted molar refractivity (Wildman–Crippen MR) is 67.5 cm³/mol. The number of thiazole rings is 1. The summed E-state index contributed by atoms with van der Waals surface area (Å²) in [6, 6.07) is 9.68. The second-order valence-corrected chi connectivity index (χ2v) is 4.55. The maximum absolute atomic E-state index is 10.6. The second-order valence-electron chi connectivity index (χ2n) is 3.21. The lowest BCUT2D eigenvalue weighted by Crippen LogP contribution is -1.97. The van der Waals surface area contributed by atoms with Gasteiger partial charge in [-0.2, -0.15) is 0 Å². The van der Waals surface area contributed by atoms with Crippen molar-refractivity contribution in [1.82, 2.24) is 4.98 Å². The van der Waals surface area contributed by atoms with Crippen LogP contribution in [0.5, 0.6) is 0 Å². The quantitative estimate of drug-likeness (QED) is 0.683. The van der Waals surface area contributed by atoms with E-state index in [0.717, 1.165) is 16.9 Å². The Kier molecular flexibility index (Phi) is 3.55. The number of halogens is 1. The van der Waals surface area contributed by atoms with Crippen LogP contribution in [0.3, 0.4) is 0 Å². The molecule has 1 N–H and O–H groups in total. The molecule has 0 amide bonds. The molecule has 0 unspecified atom stereocenters. The van der Waals surface area contributed by atoms with Gasteiger partial charge < -0.3 is 5.32 Å². The molecule has 2 rings (SSSR count). The normalized spacial score (nSPS) is 10.2. The van der Waals surface area contributed by atoms with E-state index in [1.807, 2.05) is 30.3 Å². The fraction of sp³-hybridized carbons (Fsp3) is 0.100. The minimum Gasteiger partial charge on any atom is -0.357 e. The van der Waals surface area contributed by atoms with E-state index in [-0.39, 0.29) is 10.2 Å². The molecule has 5 nitrogen and oxygen atoms in total. The Labute approximate surface area is 106 Å². The number of nitrogens with one attached hydrogen (secondary N) is 1. The molecule has 0 saturated carbocycles. The first-order valence-corrected chi connectivity index (χ1v) is 5.95. The number of nitro groups is 1. The summed E-state index contributed by atoms with van der Waals surface area (Å²) >= 11 is 6.57. The van der Waals surface area contributed by atoms with Gasteiger partial charge in [0.15, 0.2) is 5.13 Å². The lowest BCUT2D eigenvalue weighted by atomic mass is 10.2. The van der Waals surface area contributed by atoms with Crippen LogP contribution in [0.15, 0.2) is 30.3 Å². The van der Waals surface area contributed by atoms with Gasteiger partial charge in [0.1, 0.15) is 0 Å². The summed E-state index contributed by atoms with van der Waals surface area (Å²) < 4.78 is 0. The van der Waals surface area contributed by atoms with Crippen molar-refractivity contribution in [3.63, 3.8) is 0 Å². The topological polar surface area (TPSA) is 68.1 Å². The maximum Gasteiger partial charge on any atom is 0.364 e. The summed E-state index contributed by atoms with van der Waals surface area (Å²) in [5, 5.41) is 13.8. The highest BCUT2D eigenvalue weighted by molar-refractivity contribution is 7.19. The number of aromatic nitrogens is 1. The summed E-state index contributed by atoms with van der Waals surface area (Å²) in [6.07, 6.45) is 0. The van der Waals surface area contributed by atoms with Crippen molar-refractivity contribution in [3.8, 4) is 0 Å². The SMILES string of the molecule is O=[N+]([O-])c1sc(NCc2ccccc2)nc1Cl. The second kappa shape index (κ2) is 5.11. The van der Waals surface area contributed by atoms with Crippen LogP contribution in [-0.2, 0) is 6.54 Å². The number of hydrogen-bond acceptors (Lipinski definition) is 5. The van der Waals surface area contributed by atoms with E-state index in [4.69, 9.17) is 11.6 Å². The van der Waals surface area contributed by atoms with Crippen molar-refractivity contribution in [1.29, 1.82) is 0 Å². The molecular weight excluding hydrogens is 262 g/mol. The highest BCUT2D eigenvalue weighted by atomic mass is 35.5. The Balaban J connectivity index is 2.05. The zero-order valence-corrected chi connectivity index (χ0v) is 10.2. The summed E-state index contributed by atoms with van der Waals surface area (Å²) in [7, 11) is 0. The monoisotopic (exact) mass is 269 g/mol. The van der Waals surface area contributed by atoms with Crippen LogP contribution in [0.25, 0.3) is 0 Å². The molecule has 0 atom stereocenters. The smallest absolute Gasteiger partial charge is 0.357 e. The van der Waals surface area contributed by atoms with Crippen molar-refractivity contribution in [2.24, 2.45) is 0 Å². The van der Waals surface area contributed by atoms with Gasteiger partial charge >= 0.3 is 5.00 Å². The van der Waals surface area contributed by atoms with E-state index in [1.54, 1.807) is 0 Å². The Morgan fingerprint density at radius 1 is 1.41 bits per heavy atom. The summed E-state index contributed by atoms with van der Waals surface area (Å²) in [5.41, 5.74) is 1.07. The number of rotatable bonds is 4. The van der Waals surface area contributed by atoms with Crippen molar-refractivity contribution in [2.75, 3.05) is 5.32 Å². The van der Waals surface area contributed by atoms with Crippen molar-refractivity contribution < 1.29 is 4.92 Å². The van der Waals surface area contributed by atoms with Crippen LogP contribution in [0, 0.1) is 10.1 Å². The van der Waals surface area contributed by atoms with Crippen LogP contribution in [0.4, 0.5) is 10.1 Å². The lowest BCUT2D eigenvalue weighted by molar-refractivity contribution is -0.380. The molecule has 0 fully saturated rings. The minimum atomic E-state index is -0.534. The number of nitrogens with zero attached hydrogens (tertiary/aromatic N) is 2. The Morgan fingerprint density at radius 2 is 2.12 bits per heavy atom. The van der Waals surface area contributed by atoms with Gasteiger partial charge in [-0.05, 0) is 16.9 Å². The molecule has 88 valence electrons. The molecule has 0 aliphatic heterocycles. The standard InChI is InChI=1S/C10H8ClN3O2S/c11-8-9(14(15)16)17-10(13-8)12-6-7-4-2-1-3-5-7/h1-5H,6H2,(H,12,13). The van der Waals surface area contributed by atoms with Gasteiger partial charge in [0.25, 0.3) is 0 Å².